The van der Waals surface area contributed by atoms with Gasteiger partial charge in [0.15, 0.2) is 11.5 Å². The Morgan fingerprint density at radius 3 is 2.25 bits per heavy atom. The Bertz CT molecular complexity index is 1320. The van der Waals surface area contributed by atoms with Crippen LogP contribution in [0.2, 0.25) is 0 Å². The minimum absolute atomic E-state index is 0.150. The fraction of sp³-hybridized carbons (Fsp3) is 0.238. The van der Waals surface area contributed by atoms with Crippen LogP contribution in [0.4, 0.5) is 5.69 Å². The van der Waals surface area contributed by atoms with Crippen molar-refractivity contribution < 1.29 is 27.4 Å². The maximum Gasteiger partial charge on any atom is 0.265 e. The number of rotatable bonds is 8. The quantitative estimate of drug-likeness (QED) is 0.510. The van der Waals surface area contributed by atoms with Crippen molar-refractivity contribution in [3.8, 4) is 23.3 Å². The van der Waals surface area contributed by atoms with Gasteiger partial charge in [-0.3, -0.25) is 9.10 Å². The first-order valence-corrected chi connectivity index (χ1v) is 10.7. The van der Waals surface area contributed by atoms with Gasteiger partial charge in [-0.2, -0.15) is 5.26 Å². The largest absolute Gasteiger partial charge is 0.493 e. The Balaban J connectivity index is 2.22. The van der Waals surface area contributed by atoms with Crippen molar-refractivity contribution in [1.82, 2.24) is 4.57 Å². The first-order valence-electron chi connectivity index (χ1n) is 9.28. The van der Waals surface area contributed by atoms with Crippen molar-refractivity contribution in [2.24, 2.45) is 12.8 Å². The predicted octanol–water partition coefficient (Wildman–Crippen LogP) is 2.02. The molecule has 0 atom stereocenters. The van der Waals surface area contributed by atoms with Crippen molar-refractivity contribution >= 4 is 32.5 Å². The van der Waals surface area contributed by atoms with E-state index in [2.05, 4.69) is 0 Å². The summed E-state index contributed by atoms with van der Waals surface area (Å²) in [4.78, 5) is 11.7. The van der Waals surface area contributed by atoms with Gasteiger partial charge in [-0.15, -0.1) is 0 Å². The highest BCUT2D eigenvalue weighted by molar-refractivity contribution is 7.92. The summed E-state index contributed by atoms with van der Waals surface area (Å²) in [5, 5.41) is 9.82. The molecule has 0 saturated carbocycles. The SMILES string of the molecule is COc1cc(S(=O)(=O)N(CC#N)c2ccc3c(c2)c(C(N)=O)cn3C)cc(OC)c1OC. The van der Waals surface area contributed by atoms with E-state index in [0.717, 1.165) is 4.31 Å². The third kappa shape index (κ3) is 3.76. The van der Waals surface area contributed by atoms with Crippen LogP contribution in [0.5, 0.6) is 17.2 Å². The van der Waals surface area contributed by atoms with E-state index in [0.29, 0.717) is 10.9 Å². The molecule has 1 aromatic heterocycles. The number of primary amides is 1. The Morgan fingerprint density at radius 2 is 1.75 bits per heavy atom. The van der Waals surface area contributed by atoms with Crippen LogP contribution in [0, 0.1) is 11.3 Å². The standard InChI is InChI=1S/C21H22N4O6S/c1-24-12-16(21(23)26)15-9-13(5-6-17(15)24)25(8-7-22)32(27,28)14-10-18(29-2)20(31-4)19(11-14)30-3/h5-6,9-12H,8H2,1-4H3,(H2,23,26). The van der Waals surface area contributed by atoms with Gasteiger partial charge in [0.1, 0.15) is 6.54 Å². The van der Waals surface area contributed by atoms with Crippen molar-refractivity contribution in [2.45, 2.75) is 4.90 Å². The minimum atomic E-state index is -4.23. The summed E-state index contributed by atoms with van der Waals surface area (Å²) in [5.74, 6) is -0.113. The number of ether oxygens (including phenoxy) is 3. The molecule has 0 aliphatic rings. The molecule has 0 radical (unpaired) electrons. The smallest absolute Gasteiger partial charge is 0.265 e. The molecule has 0 spiro atoms. The van der Waals surface area contributed by atoms with Crippen molar-refractivity contribution in [3.63, 3.8) is 0 Å². The van der Waals surface area contributed by atoms with Gasteiger partial charge in [-0.25, -0.2) is 8.42 Å². The third-order valence-electron chi connectivity index (χ3n) is 4.97. The first-order chi connectivity index (χ1) is 15.2. The number of amides is 1. The third-order valence-corrected chi connectivity index (χ3v) is 6.72. The Kier molecular flexibility index (Phi) is 6.18. The molecule has 3 rings (SSSR count). The van der Waals surface area contributed by atoms with Crippen molar-refractivity contribution in [2.75, 3.05) is 32.2 Å². The monoisotopic (exact) mass is 458 g/mol. The highest BCUT2D eigenvalue weighted by Crippen LogP contribution is 2.40. The van der Waals surface area contributed by atoms with Crippen LogP contribution in [0.15, 0.2) is 41.4 Å². The number of hydrogen-bond acceptors (Lipinski definition) is 7. The maximum atomic E-state index is 13.5. The summed E-state index contributed by atoms with van der Waals surface area (Å²) >= 11 is 0. The summed E-state index contributed by atoms with van der Waals surface area (Å²) < 4.78 is 45.5. The molecule has 168 valence electrons. The molecule has 3 aromatic rings. The van der Waals surface area contributed by atoms with E-state index < -0.39 is 22.5 Å². The summed E-state index contributed by atoms with van der Waals surface area (Å²) in [6.45, 7) is -0.469. The van der Waals surface area contributed by atoms with E-state index in [9.17, 15) is 18.5 Å². The average Bonchev–Trinajstić information content (AvgIpc) is 3.12. The maximum absolute atomic E-state index is 13.5. The molecule has 0 bridgehead atoms. The van der Waals surface area contributed by atoms with Crippen LogP contribution < -0.4 is 24.2 Å². The number of aryl methyl sites for hydroxylation is 1. The molecule has 0 aliphatic heterocycles. The van der Waals surface area contributed by atoms with Gasteiger partial charge < -0.3 is 24.5 Å². The van der Waals surface area contributed by atoms with Gasteiger partial charge in [-0.1, -0.05) is 0 Å². The van der Waals surface area contributed by atoms with Crippen LogP contribution in [0.25, 0.3) is 10.9 Å². The average molecular weight is 458 g/mol. The lowest BCUT2D eigenvalue weighted by molar-refractivity contribution is 0.100. The van der Waals surface area contributed by atoms with Crippen LogP contribution in [0.3, 0.4) is 0 Å². The topological polar surface area (TPSA) is 137 Å². The molecular weight excluding hydrogens is 436 g/mol. The second-order valence-corrected chi connectivity index (χ2v) is 8.61. The second kappa shape index (κ2) is 8.68. The van der Waals surface area contributed by atoms with Crippen molar-refractivity contribution in [1.29, 1.82) is 5.26 Å². The fourth-order valence-corrected chi connectivity index (χ4v) is 4.83. The Hall–Kier alpha value is -3.91. The van der Waals surface area contributed by atoms with Gasteiger partial charge >= 0.3 is 0 Å². The van der Waals surface area contributed by atoms with Crippen LogP contribution >= 0.6 is 0 Å². The first kappa shape index (κ1) is 22.8. The molecule has 0 unspecified atom stereocenters. The normalized spacial score (nSPS) is 11.1. The van der Waals surface area contributed by atoms with E-state index in [4.69, 9.17) is 19.9 Å². The van der Waals surface area contributed by atoms with Crippen LogP contribution in [-0.2, 0) is 17.1 Å². The highest BCUT2D eigenvalue weighted by atomic mass is 32.2. The van der Waals surface area contributed by atoms with Crippen LogP contribution in [0.1, 0.15) is 10.4 Å². The number of carbonyl (C=O) groups is 1. The van der Waals surface area contributed by atoms with Crippen molar-refractivity contribution in [3.05, 3.63) is 42.1 Å². The van der Waals surface area contributed by atoms with Crippen LogP contribution in [-0.4, -0.2) is 46.8 Å². The second-order valence-electron chi connectivity index (χ2n) is 6.75. The number of anilines is 1. The highest BCUT2D eigenvalue weighted by Gasteiger charge is 2.29. The fourth-order valence-electron chi connectivity index (χ4n) is 3.44. The lowest BCUT2D eigenvalue weighted by Gasteiger charge is -2.23. The number of nitrogens with zero attached hydrogens (tertiary/aromatic N) is 3. The van der Waals surface area contributed by atoms with E-state index in [1.54, 1.807) is 29.9 Å². The summed E-state index contributed by atoms with van der Waals surface area (Å²) in [6, 6.07) is 9.18. The zero-order chi connectivity index (χ0) is 23.6. The van der Waals surface area contributed by atoms with Gasteiger partial charge in [-0.05, 0) is 18.2 Å². The number of methoxy groups -OCH3 is 3. The molecular formula is C21H22N4O6S. The number of nitrogens with two attached hydrogens (primary N) is 1. The zero-order valence-electron chi connectivity index (χ0n) is 17.9. The van der Waals surface area contributed by atoms with E-state index in [-0.39, 0.29) is 33.4 Å². The lowest BCUT2D eigenvalue weighted by Crippen LogP contribution is -2.31. The summed E-state index contributed by atoms with van der Waals surface area (Å²) in [6.07, 6.45) is 1.57. The molecule has 10 nitrogen and oxygen atoms in total. The number of aromatic nitrogens is 1. The number of hydrogen-bond donors (Lipinski definition) is 1. The van der Waals surface area contributed by atoms with Gasteiger partial charge in [0.2, 0.25) is 5.75 Å². The van der Waals surface area contributed by atoms with E-state index in [1.807, 2.05) is 6.07 Å². The molecule has 2 N–H and O–H groups in total. The molecule has 0 aliphatic carbocycles. The van der Waals surface area contributed by atoms with E-state index in [1.165, 1.54) is 39.5 Å². The number of nitriles is 1. The Morgan fingerprint density at radius 1 is 1.12 bits per heavy atom. The zero-order valence-corrected chi connectivity index (χ0v) is 18.8. The molecule has 0 fully saturated rings. The molecule has 11 heteroatoms. The number of carbonyl (C=O) groups excluding carboxylic acids is 1. The molecule has 0 saturated heterocycles. The summed E-state index contributed by atoms with van der Waals surface area (Å²) in [5.41, 5.74) is 6.59. The Labute approximate surface area is 185 Å². The molecule has 2 aromatic carbocycles. The summed E-state index contributed by atoms with van der Waals surface area (Å²) in [7, 11) is 1.66. The molecule has 32 heavy (non-hydrogen) atoms. The van der Waals surface area contributed by atoms with Gasteiger partial charge in [0.05, 0.1) is 43.5 Å². The minimum Gasteiger partial charge on any atom is -0.493 e. The van der Waals surface area contributed by atoms with Gasteiger partial charge in [0.25, 0.3) is 15.9 Å². The number of fused-ring (bicyclic) bond motifs is 1. The predicted molar refractivity (Wildman–Crippen MR) is 118 cm³/mol. The number of sulfonamides is 1. The molecule has 1 heterocycles. The van der Waals surface area contributed by atoms with Gasteiger partial charge in [0, 0.05) is 36.3 Å². The number of benzene rings is 2. The molecule has 1 amide bonds. The lowest BCUT2D eigenvalue weighted by atomic mass is 10.1. The van der Waals surface area contributed by atoms with E-state index >= 15 is 0 Å².